The van der Waals surface area contributed by atoms with E-state index in [9.17, 15) is 0 Å². The van der Waals surface area contributed by atoms with Crippen LogP contribution in [0, 0.1) is 0 Å². The van der Waals surface area contributed by atoms with Crippen LogP contribution < -0.4 is 10.6 Å². The molecular formula is C19H26N6O. The SMILES string of the molecule is CCc1noc(CC)c1CNC(=NC)NCCc1nc2ccccc2[nH]1. The first-order valence-electron chi connectivity index (χ1n) is 9.09. The molecule has 3 N–H and O–H groups in total. The van der Waals surface area contributed by atoms with Gasteiger partial charge in [-0.15, -0.1) is 0 Å². The molecule has 3 aromatic rings. The van der Waals surface area contributed by atoms with Crippen molar-refractivity contribution in [2.45, 2.75) is 39.7 Å². The van der Waals surface area contributed by atoms with Gasteiger partial charge in [0.25, 0.3) is 0 Å². The molecular weight excluding hydrogens is 328 g/mol. The highest BCUT2D eigenvalue weighted by molar-refractivity contribution is 5.79. The van der Waals surface area contributed by atoms with Crippen molar-refractivity contribution in [2.75, 3.05) is 13.6 Å². The number of para-hydroxylation sites is 2. The Balaban J connectivity index is 1.53. The molecule has 7 nitrogen and oxygen atoms in total. The maximum absolute atomic E-state index is 5.41. The molecule has 0 spiro atoms. The molecule has 7 heteroatoms. The summed E-state index contributed by atoms with van der Waals surface area (Å²) in [5.41, 5.74) is 4.20. The number of guanidine groups is 1. The molecule has 3 rings (SSSR count). The molecule has 0 fully saturated rings. The number of benzene rings is 1. The van der Waals surface area contributed by atoms with E-state index in [0.717, 1.165) is 65.6 Å². The molecule has 0 saturated carbocycles. The molecule has 26 heavy (non-hydrogen) atoms. The molecule has 138 valence electrons. The van der Waals surface area contributed by atoms with E-state index < -0.39 is 0 Å². The van der Waals surface area contributed by atoms with Crippen LogP contribution in [0.3, 0.4) is 0 Å². The lowest BCUT2D eigenvalue weighted by Gasteiger charge is -2.11. The Labute approximate surface area is 153 Å². The fourth-order valence-electron chi connectivity index (χ4n) is 2.95. The number of fused-ring (bicyclic) bond motifs is 1. The van der Waals surface area contributed by atoms with Crippen molar-refractivity contribution in [1.29, 1.82) is 0 Å². The molecule has 2 aromatic heterocycles. The predicted octanol–water partition coefficient (Wildman–Crippen LogP) is 2.58. The smallest absolute Gasteiger partial charge is 0.191 e. The number of nitrogens with zero attached hydrogens (tertiary/aromatic N) is 3. The summed E-state index contributed by atoms with van der Waals surface area (Å²) in [7, 11) is 1.77. The number of aromatic amines is 1. The van der Waals surface area contributed by atoms with Gasteiger partial charge in [-0.25, -0.2) is 4.98 Å². The Hall–Kier alpha value is -2.83. The van der Waals surface area contributed by atoms with E-state index in [1.807, 2.05) is 24.3 Å². The number of aliphatic imine (C=N–C) groups is 1. The van der Waals surface area contributed by atoms with E-state index in [2.05, 4.69) is 44.6 Å². The van der Waals surface area contributed by atoms with E-state index in [1.54, 1.807) is 7.05 Å². The third kappa shape index (κ3) is 4.04. The molecule has 1 aromatic carbocycles. The van der Waals surface area contributed by atoms with Crippen LogP contribution in [0.15, 0.2) is 33.8 Å². The van der Waals surface area contributed by atoms with Crippen molar-refractivity contribution in [2.24, 2.45) is 4.99 Å². The van der Waals surface area contributed by atoms with Crippen LogP contribution in [-0.2, 0) is 25.8 Å². The zero-order valence-corrected chi connectivity index (χ0v) is 15.6. The molecule has 0 amide bonds. The monoisotopic (exact) mass is 354 g/mol. The van der Waals surface area contributed by atoms with Gasteiger partial charge in [0.2, 0.25) is 0 Å². The maximum atomic E-state index is 5.41. The van der Waals surface area contributed by atoms with Gasteiger partial charge in [-0.2, -0.15) is 0 Å². The predicted molar refractivity (Wildman–Crippen MR) is 103 cm³/mol. The van der Waals surface area contributed by atoms with Crippen LogP contribution in [-0.4, -0.2) is 34.7 Å². The van der Waals surface area contributed by atoms with Crippen molar-refractivity contribution in [3.63, 3.8) is 0 Å². The second-order valence-electron chi connectivity index (χ2n) is 6.04. The van der Waals surface area contributed by atoms with Gasteiger partial charge in [0.1, 0.15) is 11.6 Å². The summed E-state index contributed by atoms with van der Waals surface area (Å²) in [6, 6.07) is 8.05. The number of aryl methyl sites for hydroxylation is 2. The summed E-state index contributed by atoms with van der Waals surface area (Å²) in [5.74, 6) is 2.66. The molecule has 0 aliphatic carbocycles. The lowest BCUT2D eigenvalue weighted by atomic mass is 10.1. The molecule has 0 saturated heterocycles. The minimum atomic E-state index is 0.653. The van der Waals surface area contributed by atoms with Crippen molar-refractivity contribution in [3.8, 4) is 0 Å². The van der Waals surface area contributed by atoms with Gasteiger partial charge < -0.3 is 20.1 Å². The van der Waals surface area contributed by atoms with Crippen LogP contribution in [0.2, 0.25) is 0 Å². The van der Waals surface area contributed by atoms with E-state index in [4.69, 9.17) is 4.52 Å². The second kappa shape index (κ2) is 8.51. The minimum absolute atomic E-state index is 0.653. The van der Waals surface area contributed by atoms with Gasteiger partial charge in [0.05, 0.1) is 16.7 Å². The zero-order chi connectivity index (χ0) is 18.4. The van der Waals surface area contributed by atoms with Gasteiger partial charge in [0.15, 0.2) is 5.96 Å². The van der Waals surface area contributed by atoms with Gasteiger partial charge in [0, 0.05) is 38.5 Å². The fraction of sp³-hybridized carbons (Fsp3) is 0.421. The molecule has 0 atom stereocenters. The molecule has 2 heterocycles. The number of hydrogen-bond acceptors (Lipinski definition) is 4. The van der Waals surface area contributed by atoms with Crippen LogP contribution in [0.5, 0.6) is 0 Å². The van der Waals surface area contributed by atoms with Crippen molar-refractivity contribution < 1.29 is 4.52 Å². The third-order valence-electron chi connectivity index (χ3n) is 4.36. The van der Waals surface area contributed by atoms with E-state index in [1.165, 1.54) is 0 Å². The van der Waals surface area contributed by atoms with Gasteiger partial charge in [-0.05, 0) is 18.6 Å². The molecule has 0 aliphatic heterocycles. The Morgan fingerprint density at radius 1 is 1.19 bits per heavy atom. The Bertz CT molecular complexity index is 825. The summed E-state index contributed by atoms with van der Waals surface area (Å²) < 4.78 is 5.41. The highest BCUT2D eigenvalue weighted by Crippen LogP contribution is 2.15. The minimum Gasteiger partial charge on any atom is -0.361 e. The Kier molecular flexibility index (Phi) is 5.88. The van der Waals surface area contributed by atoms with E-state index >= 15 is 0 Å². The fourth-order valence-corrected chi connectivity index (χ4v) is 2.95. The van der Waals surface area contributed by atoms with Crippen LogP contribution in [0.25, 0.3) is 11.0 Å². The quantitative estimate of drug-likeness (QED) is 0.448. The number of nitrogens with one attached hydrogen (secondary N) is 3. The summed E-state index contributed by atoms with van der Waals surface area (Å²) >= 11 is 0. The number of hydrogen-bond donors (Lipinski definition) is 3. The number of aromatic nitrogens is 3. The maximum Gasteiger partial charge on any atom is 0.191 e. The van der Waals surface area contributed by atoms with Crippen molar-refractivity contribution in [3.05, 3.63) is 47.1 Å². The molecule has 0 bridgehead atoms. The lowest BCUT2D eigenvalue weighted by Crippen LogP contribution is -2.38. The number of imidazole rings is 1. The van der Waals surface area contributed by atoms with Gasteiger partial charge >= 0.3 is 0 Å². The summed E-state index contributed by atoms with van der Waals surface area (Å²) in [6.07, 6.45) is 2.49. The molecule has 0 unspecified atom stereocenters. The van der Waals surface area contributed by atoms with Crippen molar-refractivity contribution >= 4 is 17.0 Å². The zero-order valence-electron chi connectivity index (χ0n) is 15.6. The van der Waals surface area contributed by atoms with E-state index in [0.29, 0.717) is 6.54 Å². The lowest BCUT2D eigenvalue weighted by molar-refractivity contribution is 0.380. The summed E-state index contributed by atoms with van der Waals surface area (Å²) in [5, 5.41) is 10.8. The molecule has 0 radical (unpaired) electrons. The van der Waals surface area contributed by atoms with Crippen LogP contribution in [0.1, 0.15) is 36.7 Å². The largest absolute Gasteiger partial charge is 0.361 e. The second-order valence-corrected chi connectivity index (χ2v) is 6.04. The van der Waals surface area contributed by atoms with E-state index in [-0.39, 0.29) is 0 Å². The first-order valence-corrected chi connectivity index (χ1v) is 9.09. The Morgan fingerprint density at radius 2 is 2.04 bits per heavy atom. The molecule has 0 aliphatic rings. The van der Waals surface area contributed by atoms with Crippen LogP contribution in [0.4, 0.5) is 0 Å². The van der Waals surface area contributed by atoms with Crippen LogP contribution >= 0.6 is 0 Å². The average molecular weight is 354 g/mol. The summed E-state index contributed by atoms with van der Waals surface area (Å²) in [4.78, 5) is 12.2. The third-order valence-corrected chi connectivity index (χ3v) is 4.36. The van der Waals surface area contributed by atoms with Gasteiger partial charge in [-0.3, -0.25) is 4.99 Å². The highest BCUT2D eigenvalue weighted by atomic mass is 16.5. The van der Waals surface area contributed by atoms with Gasteiger partial charge in [-0.1, -0.05) is 31.1 Å². The first-order chi connectivity index (χ1) is 12.7. The standard InChI is InChI=1S/C19H26N6O/c1-4-14-13(17(5-2)26-25-14)12-22-19(20-3)21-11-10-18-23-15-8-6-7-9-16(15)24-18/h6-9H,4-5,10-12H2,1-3H3,(H,23,24)(H2,20,21,22). The Morgan fingerprint density at radius 3 is 2.77 bits per heavy atom. The first kappa shape index (κ1) is 18.0. The van der Waals surface area contributed by atoms with Crippen molar-refractivity contribution in [1.82, 2.24) is 25.8 Å². The topological polar surface area (TPSA) is 91.1 Å². The summed E-state index contributed by atoms with van der Waals surface area (Å²) in [6.45, 7) is 5.55. The number of rotatable bonds is 7. The normalized spacial score (nSPS) is 11.9. The average Bonchev–Trinajstić information content (AvgIpc) is 3.27. The number of H-pyrrole nitrogens is 1. The highest BCUT2D eigenvalue weighted by Gasteiger charge is 2.13.